The molecule has 2 aliphatic rings. The van der Waals surface area contributed by atoms with Crippen LogP contribution in [0.25, 0.3) is 0 Å². The van der Waals surface area contributed by atoms with E-state index in [1.807, 2.05) is 29.2 Å². The summed E-state index contributed by atoms with van der Waals surface area (Å²) in [7, 11) is 2.21. The highest BCUT2D eigenvalue weighted by Gasteiger charge is 2.36. The predicted octanol–water partition coefficient (Wildman–Crippen LogP) is 2.89. The molecular formula is C16H21BrN2O. The number of carbonyl (C=O) groups is 1. The number of hydrogen-bond acceptors (Lipinski definition) is 2. The number of alkyl halides is 1. The second kappa shape index (κ2) is 5.86. The van der Waals surface area contributed by atoms with Crippen LogP contribution in [-0.2, 0) is 5.33 Å². The average molecular weight is 337 g/mol. The van der Waals surface area contributed by atoms with E-state index in [0.29, 0.717) is 12.1 Å². The van der Waals surface area contributed by atoms with Gasteiger partial charge in [0.05, 0.1) is 0 Å². The predicted molar refractivity (Wildman–Crippen MR) is 84.2 cm³/mol. The quantitative estimate of drug-likeness (QED) is 0.775. The summed E-state index contributed by atoms with van der Waals surface area (Å²) in [5.74, 6) is 0.187. The minimum Gasteiger partial charge on any atom is -0.337 e. The molecule has 0 aromatic heterocycles. The molecule has 1 aromatic rings. The van der Waals surface area contributed by atoms with Crippen molar-refractivity contribution in [2.75, 3.05) is 20.1 Å². The van der Waals surface area contributed by atoms with Crippen LogP contribution in [-0.4, -0.2) is 47.9 Å². The van der Waals surface area contributed by atoms with Crippen molar-refractivity contribution in [3.8, 4) is 0 Å². The largest absolute Gasteiger partial charge is 0.337 e. The standard InChI is InChI=1S/C16H21BrN2O/c1-18-14-6-7-15(18)11-19(9-8-14)16(20)13-4-2-12(10-17)3-5-13/h2-5,14-15H,6-11H2,1H3. The molecule has 2 saturated heterocycles. The third-order valence-electron chi connectivity index (χ3n) is 4.79. The molecule has 0 N–H and O–H groups in total. The topological polar surface area (TPSA) is 23.6 Å². The summed E-state index contributed by atoms with van der Waals surface area (Å²) >= 11 is 3.43. The highest BCUT2D eigenvalue weighted by atomic mass is 79.9. The lowest BCUT2D eigenvalue weighted by Gasteiger charge is -2.26. The lowest BCUT2D eigenvalue weighted by atomic mass is 10.1. The Bertz CT molecular complexity index is 488. The molecule has 108 valence electrons. The summed E-state index contributed by atoms with van der Waals surface area (Å²) in [5.41, 5.74) is 2.02. The first-order chi connectivity index (χ1) is 9.69. The van der Waals surface area contributed by atoms with Crippen molar-refractivity contribution in [1.29, 1.82) is 0 Å². The van der Waals surface area contributed by atoms with E-state index in [4.69, 9.17) is 0 Å². The number of benzene rings is 1. The van der Waals surface area contributed by atoms with Gasteiger partial charge in [0.2, 0.25) is 0 Å². The van der Waals surface area contributed by atoms with Gasteiger partial charge in [0.1, 0.15) is 0 Å². The van der Waals surface area contributed by atoms with Gasteiger partial charge in [-0.1, -0.05) is 28.1 Å². The lowest BCUT2D eigenvalue weighted by Crippen LogP contribution is -2.39. The van der Waals surface area contributed by atoms with E-state index in [-0.39, 0.29) is 5.91 Å². The summed E-state index contributed by atoms with van der Waals surface area (Å²) in [6.45, 7) is 1.77. The van der Waals surface area contributed by atoms with Crippen LogP contribution in [0, 0.1) is 0 Å². The van der Waals surface area contributed by atoms with Crippen LogP contribution in [0.3, 0.4) is 0 Å². The molecule has 2 unspecified atom stereocenters. The third-order valence-corrected chi connectivity index (χ3v) is 5.44. The van der Waals surface area contributed by atoms with Gasteiger partial charge in [-0.05, 0) is 44.0 Å². The number of nitrogens with zero attached hydrogens (tertiary/aromatic N) is 2. The van der Waals surface area contributed by atoms with Gasteiger partial charge in [-0.15, -0.1) is 0 Å². The van der Waals surface area contributed by atoms with Crippen LogP contribution in [0.1, 0.15) is 35.2 Å². The number of hydrogen-bond donors (Lipinski definition) is 0. The molecule has 1 aromatic carbocycles. The van der Waals surface area contributed by atoms with Crippen LogP contribution in [0.2, 0.25) is 0 Å². The molecule has 2 fully saturated rings. The SMILES string of the molecule is CN1C2CCC1CN(C(=O)c1ccc(CBr)cc1)CC2. The minimum absolute atomic E-state index is 0.187. The molecular weight excluding hydrogens is 316 g/mol. The van der Waals surface area contributed by atoms with Crippen LogP contribution < -0.4 is 0 Å². The van der Waals surface area contributed by atoms with Crippen molar-refractivity contribution in [2.24, 2.45) is 0 Å². The Morgan fingerprint density at radius 2 is 1.90 bits per heavy atom. The summed E-state index contributed by atoms with van der Waals surface area (Å²) in [6, 6.07) is 9.18. The smallest absolute Gasteiger partial charge is 0.253 e. The number of carbonyl (C=O) groups excluding carboxylic acids is 1. The second-order valence-corrected chi connectivity index (χ2v) is 6.48. The second-order valence-electron chi connectivity index (χ2n) is 5.92. The maximum Gasteiger partial charge on any atom is 0.253 e. The van der Waals surface area contributed by atoms with Crippen molar-refractivity contribution in [3.63, 3.8) is 0 Å². The van der Waals surface area contributed by atoms with Gasteiger partial charge in [-0.3, -0.25) is 9.69 Å². The van der Waals surface area contributed by atoms with E-state index in [9.17, 15) is 4.79 Å². The zero-order valence-corrected chi connectivity index (χ0v) is 13.5. The van der Waals surface area contributed by atoms with Crippen molar-refractivity contribution < 1.29 is 4.79 Å². The number of likely N-dealkylation sites (N-methyl/N-ethyl adjacent to an activating group) is 1. The van der Waals surface area contributed by atoms with Gasteiger partial charge < -0.3 is 4.90 Å². The summed E-state index contributed by atoms with van der Waals surface area (Å²) < 4.78 is 0. The van der Waals surface area contributed by atoms with Crippen molar-refractivity contribution in [3.05, 3.63) is 35.4 Å². The number of likely N-dealkylation sites (tertiary alicyclic amines) is 1. The molecule has 2 heterocycles. The fraction of sp³-hybridized carbons (Fsp3) is 0.562. The normalized spacial score (nSPS) is 26.6. The first-order valence-electron chi connectivity index (χ1n) is 7.35. The molecule has 3 rings (SSSR count). The Morgan fingerprint density at radius 3 is 2.60 bits per heavy atom. The molecule has 0 radical (unpaired) electrons. The van der Waals surface area contributed by atoms with Gasteiger partial charge in [-0.2, -0.15) is 0 Å². The number of halogens is 1. The van der Waals surface area contributed by atoms with E-state index in [1.54, 1.807) is 0 Å². The van der Waals surface area contributed by atoms with Gasteiger partial charge in [0.15, 0.2) is 0 Å². The molecule has 1 amide bonds. The number of rotatable bonds is 2. The average Bonchev–Trinajstić information content (AvgIpc) is 2.72. The minimum atomic E-state index is 0.187. The Hall–Kier alpha value is -0.870. The maximum absolute atomic E-state index is 12.6. The Kier molecular flexibility index (Phi) is 4.13. The van der Waals surface area contributed by atoms with Crippen LogP contribution in [0.4, 0.5) is 0 Å². The Balaban J connectivity index is 1.73. The van der Waals surface area contributed by atoms with Crippen LogP contribution in [0.5, 0.6) is 0 Å². The molecule has 2 bridgehead atoms. The highest BCUT2D eigenvalue weighted by molar-refractivity contribution is 9.08. The van der Waals surface area contributed by atoms with Gasteiger partial charge in [0.25, 0.3) is 5.91 Å². The van der Waals surface area contributed by atoms with E-state index in [0.717, 1.165) is 30.4 Å². The summed E-state index contributed by atoms with van der Waals surface area (Å²) in [4.78, 5) is 17.1. The zero-order valence-electron chi connectivity index (χ0n) is 11.9. The van der Waals surface area contributed by atoms with E-state index >= 15 is 0 Å². The zero-order chi connectivity index (χ0) is 14.1. The summed E-state index contributed by atoms with van der Waals surface area (Å²) in [5, 5.41) is 0.833. The number of amides is 1. The van der Waals surface area contributed by atoms with Gasteiger partial charge >= 0.3 is 0 Å². The summed E-state index contributed by atoms with van der Waals surface area (Å²) in [6.07, 6.45) is 3.63. The van der Waals surface area contributed by atoms with Gasteiger partial charge in [0, 0.05) is 36.1 Å². The monoisotopic (exact) mass is 336 g/mol. The Labute approximate surface area is 129 Å². The van der Waals surface area contributed by atoms with Crippen LogP contribution in [0.15, 0.2) is 24.3 Å². The molecule has 0 spiro atoms. The first-order valence-corrected chi connectivity index (χ1v) is 8.47. The fourth-order valence-corrected chi connectivity index (χ4v) is 3.79. The molecule has 4 heteroatoms. The molecule has 0 saturated carbocycles. The third kappa shape index (κ3) is 2.63. The molecule has 2 aliphatic heterocycles. The van der Waals surface area contributed by atoms with Crippen molar-refractivity contribution >= 4 is 21.8 Å². The Morgan fingerprint density at radius 1 is 1.20 bits per heavy atom. The van der Waals surface area contributed by atoms with Crippen LogP contribution >= 0.6 is 15.9 Å². The first kappa shape index (κ1) is 14.1. The van der Waals surface area contributed by atoms with E-state index in [2.05, 4.69) is 27.9 Å². The number of fused-ring (bicyclic) bond motifs is 2. The molecule has 3 nitrogen and oxygen atoms in total. The van der Waals surface area contributed by atoms with E-state index in [1.165, 1.54) is 18.4 Å². The van der Waals surface area contributed by atoms with Gasteiger partial charge in [-0.25, -0.2) is 0 Å². The lowest BCUT2D eigenvalue weighted by molar-refractivity contribution is 0.0740. The molecule has 0 aliphatic carbocycles. The fourth-order valence-electron chi connectivity index (χ4n) is 3.41. The highest BCUT2D eigenvalue weighted by Crippen LogP contribution is 2.29. The maximum atomic E-state index is 12.6. The molecule has 20 heavy (non-hydrogen) atoms. The van der Waals surface area contributed by atoms with Crippen molar-refractivity contribution in [2.45, 2.75) is 36.7 Å². The van der Waals surface area contributed by atoms with E-state index < -0.39 is 0 Å². The molecule has 2 atom stereocenters. The van der Waals surface area contributed by atoms with Crippen molar-refractivity contribution in [1.82, 2.24) is 9.80 Å².